The van der Waals surface area contributed by atoms with Gasteiger partial charge in [0.2, 0.25) is 0 Å². The first-order chi connectivity index (χ1) is 9.52. The molecule has 0 atom stereocenters. The van der Waals surface area contributed by atoms with Crippen molar-refractivity contribution in [1.29, 1.82) is 0 Å². The van der Waals surface area contributed by atoms with Gasteiger partial charge in [0.05, 0.1) is 17.6 Å². The summed E-state index contributed by atoms with van der Waals surface area (Å²) in [6.07, 6.45) is 0. The van der Waals surface area contributed by atoms with E-state index in [1.807, 2.05) is 0 Å². The minimum Gasteiger partial charge on any atom is -0.465 e. The summed E-state index contributed by atoms with van der Waals surface area (Å²) in [7, 11) is 1.23. The number of hydrogen-bond acceptors (Lipinski definition) is 4. The van der Waals surface area contributed by atoms with Crippen molar-refractivity contribution in [2.24, 2.45) is 0 Å². The molecule has 0 fully saturated rings. The van der Waals surface area contributed by atoms with Crippen LogP contribution in [0.1, 0.15) is 10.4 Å². The van der Waals surface area contributed by atoms with Crippen molar-refractivity contribution < 1.29 is 14.5 Å². The second-order valence-corrected chi connectivity index (χ2v) is 4.42. The standard InChI is InChI=1S/C14H10ClNO4/c1-20-14(17)13-8-11(16(18)19)6-7-12(13)9-2-4-10(15)5-3-9/h2-8H,1H3. The third kappa shape index (κ3) is 2.78. The zero-order chi connectivity index (χ0) is 14.7. The molecule has 2 rings (SSSR count). The lowest BCUT2D eigenvalue weighted by atomic mass is 9.99. The molecule has 0 saturated heterocycles. The summed E-state index contributed by atoms with van der Waals surface area (Å²) in [5.74, 6) is -0.626. The fourth-order valence-electron chi connectivity index (χ4n) is 1.81. The Morgan fingerprint density at radius 1 is 1.20 bits per heavy atom. The molecular formula is C14H10ClNO4. The molecule has 2 aromatic rings. The average Bonchev–Trinajstić information content (AvgIpc) is 2.46. The van der Waals surface area contributed by atoms with E-state index in [1.165, 1.54) is 25.3 Å². The van der Waals surface area contributed by atoms with E-state index >= 15 is 0 Å². The summed E-state index contributed by atoms with van der Waals surface area (Å²) < 4.78 is 4.67. The highest BCUT2D eigenvalue weighted by atomic mass is 35.5. The van der Waals surface area contributed by atoms with Gasteiger partial charge in [-0.25, -0.2) is 4.79 Å². The fraction of sp³-hybridized carbons (Fsp3) is 0.0714. The SMILES string of the molecule is COC(=O)c1cc([N+](=O)[O-])ccc1-c1ccc(Cl)cc1. The second-order valence-electron chi connectivity index (χ2n) is 3.99. The van der Waals surface area contributed by atoms with Crippen LogP contribution in [0.2, 0.25) is 5.02 Å². The van der Waals surface area contributed by atoms with Gasteiger partial charge < -0.3 is 4.74 Å². The van der Waals surface area contributed by atoms with Gasteiger partial charge >= 0.3 is 5.97 Å². The molecule has 0 aliphatic heterocycles. The van der Waals surface area contributed by atoms with Crippen LogP contribution in [0, 0.1) is 10.1 Å². The first kappa shape index (κ1) is 14.0. The van der Waals surface area contributed by atoms with Gasteiger partial charge in [-0.05, 0) is 29.3 Å². The zero-order valence-electron chi connectivity index (χ0n) is 10.5. The van der Waals surface area contributed by atoms with Crippen molar-refractivity contribution in [3.63, 3.8) is 0 Å². The van der Waals surface area contributed by atoms with Crippen LogP contribution in [0.3, 0.4) is 0 Å². The molecule has 0 aliphatic rings. The predicted octanol–water partition coefficient (Wildman–Crippen LogP) is 3.70. The topological polar surface area (TPSA) is 69.4 Å². The van der Waals surface area contributed by atoms with Crippen LogP contribution in [0.4, 0.5) is 5.69 Å². The van der Waals surface area contributed by atoms with Gasteiger partial charge in [0, 0.05) is 17.2 Å². The van der Waals surface area contributed by atoms with Crippen LogP contribution in [-0.2, 0) is 4.74 Å². The van der Waals surface area contributed by atoms with Gasteiger partial charge in [-0.2, -0.15) is 0 Å². The Labute approximate surface area is 119 Å². The summed E-state index contributed by atoms with van der Waals surface area (Å²) >= 11 is 5.81. The number of carbonyl (C=O) groups excluding carboxylic acids is 1. The first-order valence-corrected chi connectivity index (χ1v) is 6.03. The van der Waals surface area contributed by atoms with Crippen LogP contribution in [0.25, 0.3) is 11.1 Å². The number of rotatable bonds is 3. The number of nitro benzene ring substituents is 1. The Morgan fingerprint density at radius 3 is 2.40 bits per heavy atom. The number of hydrogen-bond donors (Lipinski definition) is 0. The molecule has 0 unspecified atom stereocenters. The van der Waals surface area contributed by atoms with Crippen molar-refractivity contribution in [1.82, 2.24) is 0 Å². The van der Waals surface area contributed by atoms with Crippen molar-refractivity contribution in [3.05, 3.63) is 63.2 Å². The van der Waals surface area contributed by atoms with Crippen molar-refractivity contribution in [2.75, 3.05) is 7.11 Å². The van der Waals surface area contributed by atoms with E-state index in [2.05, 4.69) is 4.74 Å². The second kappa shape index (κ2) is 5.71. The number of ether oxygens (including phenoxy) is 1. The van der Waals surface area contributed by atoms with Crippen LogP contribution in [-0.4, -0.2) is 18.0 Å². The van der Waals surface area contributed by atoms with Crippen molar-refractivity contribution in [2.45, 2.75) is 0 Å². The van der Waals surface area contributed by atoms with E-state index in [-0.39, 0.29) is 11.3 Å². The molecule has 5 nitrogen and oxygen atoms in total. The van der Waals surface area contributed by atoms with E-state index in [0.29, 0.717) is 10.6 Å². The van der Waals surface area contributed by atoms with Crippen LogP contribution in [0.5, 0.6) is 0 Å². The van der Waals surface area contributed by atoms with Crippen LogP contribution < -0.4 is 0 Å². The predicted molar refractivity (Wildman–Crippen MR) is 74.9 cm³/mol. The largest absolute Gasteiger partial charge is 0.465 e. The lowest BCUT2D eigenvalue weighted by Crippen LogP contribution is -2.04. The molecule has 0 aromatic heterocycles. The summed E-state index contributed by atoms with van der Waals surface area (Å²) in [5.41, 5.74) is 1.26. The Kier molecular flexibility index (Phi) is 4.00. The number of methoxy groups -OCH3 is 1. The Bertz CT molecular complexity index is 667. The number of non-ortho nitro benzene ring substituents is 1. The molecule has 0 amide bonds. The van der Waals surface area contributed by atoms with E-state index in [1.54, 1.807) is 24.3 Å². The summed E-state index contributed by atoms with van der Waals surface area (Å²) in [6, 6.07) is 10.9. The lowest BCUT2D eigenvalue weighted by molar-refractivity contribution is -0.384. The molecule has 0 radical (unpaired) electrons. The molecule has 20 heavy (non-hydrogen) atoms. The van der Waals surface area contributed by atoms with E-state index in [4.69, 9.17) is 11.6 Å². The van der Waals surface area contributed by atoms with E-state index in [9.17, 15) is 14.9 Å². The fourth-order valence-corrected chi connectivity index (χ4v) is 1.93. The van der Waals surface area contributed by atoms with Crippen molar-refractivity contribution in [3.8, 4) is 11.1 Å². The van der Waals surface area contributed by atoms with Gasteiger partial charge in [0.15, 0.2) is 0 Å². The maximum absolute atomic E-state index is 11.8. The first-order valence-electron chi connectivity index (χ1n) is 5.65. The molecule has 0 N–H and O–H groups in total. The molecule has 2 aromatic carbocycles. The Morgan fingerprint density at radius 2 is 1.85 bits per heavy atom. The number of benzene rings is 2. The third-order valence-corrected chi connectivity index (χ3v) is 3.03. The zero-order valence-corrected chi connectivity index (χ0v) is 11.3. The van der Waals surface area contributed by atoms with Gasteiger partial charge in [-0.1, -0.05) is 23.7 Å². The molecule has 0 spiro atoms. The molecule has 6 heteroatoms. The molecule has 0 bridgehead atoms. The van der Waals surface area contributed by atoms with Crippen LogP contribution in [0.15, 0.2) is 42.5 Å². The van der Waals surface area contributed by atoms with E-state index in [0.717, 1.165) is 5.56 Å². The lowest BCUT2D eigenvalue weighted by Gasteiger charge is -2.08. The molecule has 0 aliphatic carbocycles. The Balaban J connectivity index is 2.59. The Hall–Kier alpha value is -2.40. The highest BCUT2D eigenvalue weighted by Crippen LogP contribution is 2.28. The number of nitro groups is 1. The van der Waals surface area contributed by atoms with Gasteiger partial charge in [-0.15, -0.1) is 0 Å². The number of halogens is 1. The van der Waals surface area contributed by atoms with Gasteiger partial charge in [-0.3, -0.25) is 10.1 Å². The highest BCUT2D eigenvalue weighted by Gasteiger charge is 2.18. The average molecular weight is 292 g/mol. The molecule has 0 heterocycles. The highest BCUT2D eigenvalue weighted by molar-refractivity contribution is 6.30. The van der Waals surface area contributed by atoms with Gasteiger partial charge in [0.1, 0.15) is 0 Å². The van der Waals surface area contributed by atoms with E-state index < -0.39 is 10.9 Å². The molecular weight excluding hydrogens is 282 g/mol. The summed E-state index contributed by atoms with van der Waals surface area (Å²) in [4.78, 5) is 22.0. The van der Waals surface area contributed by atoms with Crippen LogP contribution >= 0.6 is 11.6 Å². The normalized spacial score (nSPS) is 10.1. The third-order valence-electron chi connectivity index (χ3n) is 2.77. The monoisotopic (exact) mass is 291 g/mol. The quantitative estimate of drug-likeness (QED) is 0.491. The number of esters is 1. The molecule has 102 valence electrons. The number of nitrogens with zero attached hydrogens (tertiary/aromatic N) is 1. The minimum atomic E-state index is -0.626. The van der Waals surface area contributed by atoms with Gasteiger partial charge in [0.25, 0.3) is 5.69 Å². The minimum absolute atomic E-state index is 0.143. The smallest absolute Gasteiger partial charge is 0.338 e. The maximum Gasteiger partial charge on any atom is 0.338 e. The number of carbonyl (C=O) groups is 1. The van der Waals surface area contributed by atoms with Crippen molar-refractivity contribution >= 4 is 23.3 Å². The maximum atomic E-state index is 11.8. The summed E-state index contributed by atoms with van der Waals surface area (Å²) in [6.45, 7) is 0. The molecule has 0 saturated carbocycles. The summed E-state index contributed by atoms with van der Waals surface area (Å²) in [5, 5.41) is 11.4.